The topological polar surface area (TPSA) is 64.6 Å². The lowest BCUT2D eigenvalue weighted by molar-refractivity contribution is -0.142. The molecule has 1 N–H and O–H groups in total. The van der Waals surface area contributed by atoms with Gasteiger partial charge in [0.05, 0.1) is 35.8 Å². The Hall–Kier alpha value is -3.81. The van der Waals surface area contributed by atoms with Crippen molar-refractivity contribution < 1.29 is 32.2 Å². The molecule has 0 spiro atoms. The summed E-state index contributed by atoms with van der Waals surface area (Å²) in [5.41, 5.74) is -0.0406. The molecule has 184 valence electrons. The monoisotopic (exact) mass is 485 g/mol. The number of hydrogen-bond acceptors (Lipinski definition) is 5. The average molecular weight is 486 g/mol. The molecule has 1 aliphatic rings. The molecule has 0 aromatic heterocycles. The molecule has 0 aliphatic carbocycles. The minimum absolute atomic E-state index is 0.00306. The number of rotatable bonds is 7. The number of alkyl halides is 3. The molecule has 0 fully saturated rings. The van der Waals surface area contributed by atoms with Crippen molar-refractivity contribution in [2.24, 2.45) is 0 Å². The number of carbonyl (C=O) groups excluding carboxylic acids is 2. The Morgan fingerprint density at radius 1 is 0.886 bits per heavy atom. The van der Waals surface area contributed by atoms with E-state index in [2.05, 4.69) is 5.32 Å². The summed E-state index contributed by atoms with van der Waals surface area (Å²) in [7, 11) is 0. The number of ether oxygens (including phenoxy) is 2. The fraction of sp³-hybridized carbons (Fsp3) is 0.259. The van der Waals surface area contributed by atoms with Crippen LogP contribution in [-0.2, 0) is 25.2 Å². The zero-order valence-electron chi connectivity index (χ0n) is 19.6. The molecule has 0 amide bonds. The summed E-state index contributed by atoms with van der Waals surface area (Å²) >= 11 is 0. The molecule has 5 nitrogen and oxygen atoms in total. The first kappa shape index (κ1) is 25.8. The van der Waals surface area contributed by atoms with Gasteiger partial charge in [-0.25, -0.2) is 9.59 Å². The van der Waals surface area contributed by atoms with Gasteiger partial charge in [-0.1, -0.05) is 54.6 Å². The third-order valence-corrected chi connectivity index (χ3v) is 5.40. The molecule has 3 rings (SSSR count). The van der Waals surface area contributed by atoms with Crippen LogP contribution in [-0.4, -0.2) is 25.2 Å². The van der Waals surface area contributed by atoms with E-state index < -0.39 is 29.6 Å². The van der Waals surface area contributed by atoms with Crippen LogP contribution < -0.4 is 5.32 Å². The van der Waals surface area contributed by atoms with E-state index in [-0.39, 0.29) is 41.3 Å². The molecule has 1 atom stereocenters. The molecule has 2 aromatic rings. The third-order valence-electron chi connectivity index (χ3n) is 5.40. The number of benzene rings is 2. The van der Waals surface area contributed by atoms with E-state index in [0.717, 1.165) is 11.6 Å². The van der Waals surface area contributed by atoms with Crippen molar-refractivity contribution in [2.75, 3.05) is 13.2 Å². The smallest absolute Gasteiger partial charge is 0.416 e. The van der Waals surface area contributed by atoms with E-state index in [1.165, 1.54) is 18.2 Å². The molecule has 1 aliphatic heterocycles. The van der Waals surface area contributed by atoms with Gasteiger partial charge in [-0.2, -0.15) is 13.2 Å². The van der Waals surface area contributed by atoms with Crippen LogP contribution in [0.1, 0.15) is 43.4 Å². The van der Waals surface area contributed by atoms with Gasteiger partial charge >= 0.3 is 18.1 Å². The highest BCUT2D eigenvalue weighted by Gasteiger charge is 2.43. The third kappa shape index (κ3) is 5.82. The average Bonchev–Trinajstić information content (AvgIpc) is 2.82. The Balaban J connectivity index is 2.31. The van der Waals surface area contributed by atoms with Crippen LogP contribution in [0.4, 0.5) is 13.2 Å². The Labute approximate surface area is 201 Å². The second kappa shape index (κ2) is 11.1. The van der Waals surface area contributed by atoms with Gasteiger partial charge in [-0.05, 0) is 44.0 Å². The molecule has 8 heteroatoms. The molecule has 0 bridgehead atoms. The van der Waals surface area contributed by atoms with Gasteiger partial charge in [-0.3, -0.25) is 0 Å². The minimum atomic E-state index is -4.71. The summed E-state index contributed by atoms with van der Waals surface area (Å²) in [6.45, 7) is 4.78. The van der Waals surface area contributed by atoms with Crippen molar-refractivity contribution >= 4 is 18.0 Å². The van der Waals surface area contributed by atoms with E-state index in [0.29, 0.717) is 0 Å². The zero-order valence-corrected chi connectivity index (χ0v) is 19.6. The SMILES string of the molecule is CCOC(=O)C1=C(C)NC(/C=C/c2ccccc2)=C(C(=O)OCC)C1c1ccccc1C(F)(F)F. The number of carbonyl (C=O) groups is 2. The van der Waals surface area contributed by atoms with E-state index >= 15 is 0 Å². The highest BCUT2D eigenvalue weighted by Crippen LogP contribution is 2.44. The summed E-state index contributed by atoms with van der Waals surface area (Å²) in [5, 5.41) is 3.01. The van der Waals surface area contributed by atoms with Gasteiger partial charge in [-0.15, -0.1) is 0 Å². The number of nitrogens with one attached hydrogen (secondary N) is 1. The second-order valence-corrected chi connectivity index (χ2v) is 7.69. The molecule has 1 heterocycles. The van der Waals surface area contributed by atoms with Crippen LogP contribution >= 0.6 is 0 Å². The second-order valence-electron chi connectivity index (χ2n) is 7.69. The molecule has 1 unspecified atom stereocenters. The van der Waals surface area contributed by atoms with Crippen molar-refractivity contribution in [1.82, 2.24) is 5.32 Å². The Kier molecular flexibility index (Phi) is 8.17. The number of esters is 2. The molecular formula is C27H26F3NO4. The van der Waals surface area contributed by atoms with Crippen molar-refractivity contribution in [3.63, 3.8) is 0 Å². The Bertz CT molecular complexity index is 1180. The number of dihydropyridines is 1. The summed E-state index contributed by atoms with van der Waals surface area (Å²) in [4.78, 5) is 26.2. The van der Waals surface area contributed by atoms with Crippen LogP contribution in [0.15, 0.2) is 83.2 Å². The zero-order chi connectivity index (χ0) is 25.6. The highest BCUT2D eigenvalue weighted by molar-refractivity contribution is 6.00. The predicted octanol–water partition coefficient (Wildman–Crippen LogP) is 5.76. The molecule has 0 saturated carbocycles. The van der Waals surface area contributed by atoms with Crippen LogP contribution in [0, 0.1) is 0 Å². The standard InChI is InChI=1S/C27H26F3NO4/c1-4-34-25(32)22-17(3)31-21(16-15-18-11-7-6-8-12-18)24(26(33)35-5-2)23(22)19-13-9-10-14-20(19)27(28,29)30/h6-16,23,31H,4-5H2,1-3H3/b16-15+. The lowest BCUT2D eigenvalue weighted by Gasteiger charge is -2.32. The maximum Gasteiger partial charge on any atom is 0.416 e. The van der Waals surface area contributed by atoms with Crippen LogP contribution in [0.3, 0.4) is 0 Å². The molecule has 0 radical (unpaired) electrons. The maximum atomic E-state index is 14.0. The summed E-state index contributed by atoms with van der Waals surface area (Å²) in [6.07, 6.45) is -1.40. The fourth-order valence-corrected chi connectivity index (χ4v) is 3.96. The molecule has 2 aromatic carbocycles. The van der Waals surface area contributed by atoms with Gasteiger partial charge in [0, 0.05) is 11.4 Å². The first-order valence-corrected chi connectivity index (χ1v) is 11.1. The van der Waals surface area contributed by atoms with Crippen LogP contribution in [0.5, 0.6) is 0 Å². The van der Waals surface area contributed by atoms with Gasteiger partial charge in [0.2, 0.25) is 0 Å². The lowest BCUT2D eigenvalue weighted by Crippen LogP contribution is -2.33. The van der Waals surface area contributed by atoms with Gasteiger partial charge in [0.25, 0.3) is 0 Å². The van der Waals surface area contributed by atoms with Crippen molar-refractivity contribution in [3.8, 4) is 0 Å². The summed E-state index contributed by atoms with van der Waals surface area (Å²) < 4.78 is 52.5. The highest BCUT2D eigenvalue weighted by atomic mass is 19.4. The Morgan fingerprint density at radius 2 is 1.46 bits per heavy atom. The van der Waals surface area contributed by atoms with E-state index in [4.69, 9.17) is 9.47 Å². The van der Waals surface area contributed by atoms with Crippen LogP contribution in [0.25, 0.3) is 6.08 Å². The predicted molar refractivity (Wildman–Crippen MR) is 126 cm³/mol. The molecular weight excluding hydrogens is 459 g/mol. The Morgan fingerprint density at radius 3 is 2.06 bits per heavy atom. The molecule has 0 saturated heterocycles. The fourth-order valence-electron chi connectivity index (χ4n) is 3.96. The van der Waals surface area contributed by atoms with Gasteiger partial charge in [0.15, 0.2) is 0 Å². The summed E-state index contributed by atoms with van der Waals surface area (Å²) in [6, 6.07) is 14.1. The normalized spacial score (nSPS) is 16.3. The van der Waals surface area contributed by atoms with Gasteiger partial charge in [0.1, 0.15) is 0 Å². The van der Waals surface area contributed by atoms with Crippen LogP contribution in [0.2, 0.25) is 0 Å². The van der Waals surface area contributed by atoms with Gasteiger partial charge < -0.3 is 14.8 Å². The first-order valence-electron chi connectivity index (χ1n) is 11.1. The van der Waals surface area contributed by atoms with E-state index in [9.17, 15) is 22.8 Å². The summed E-state index contributed by atoms with van der Waals surface area (Å²) in [5.74, 6) is -3.00. The molecule has 35 heavy (non-hydrogen) atoms. The van der Waals surface area contributed by atoms with Crippen molar-refractivity contribution in [2.45, 2.75) is 32.9 Å². The minimum Gasteiger partial charge on any atom is -0.463 e. The van der Waals surface area contributed by atoms with E-state index in [1.54, 1.807) is 32.9 Å². The number of halogens is 3. The largest absolute Gasteiger partial charge is 0.463 e. The maximum absolute atomic E-state index is 14.0. The number of hydrogen-bond donors (Lipinski definition) is 1. The number of allylic oxidation sites excluding steroid dienone is 2. The first-order chi connectivity index (χ1) is 16.7. The lowest BCUT2D eigenvalue weighted by atomic mass is 9.78. The van der Waals surface area contributed by atoms with E-state index in [1.807, 2.05) is 30.3 Å². The quantitative estimate of drug-likeness (QED) is 0.505. The van der Waals surface area contributed by atoms with Crippen molar-refractivity contribution in [3.05, 3.63) is 99.9 Å². The van der Waals surface area contributed by atoms with Crippen molar-refractivity contribution in [1.29, 1.82) is 0 Å².